The van der Waals surface area contributed by atoms with Gasteiger partial charge in [-0.3, -0.25) is 0 Å². The summed E-state index contributed by atoms with van der Waals surface area (Å²) < 4.78 is 13.3. The van der Waals surface area contributed by atoms with E-state index in [2.05, 4.69) is 6.92 Å². The number of carbonyl (C=O) groups is 1. The van der Waals surface area contributed by atoms with Crippen molar-refractivity contribution in [1.29, 1.82) is 0 Å². The lowest BCUT2D eigenvalue weighted by molar-refractivity contribution is -0.147. The number of hydrogen-bond donors (Lipinski definition) is 0. The van der Waals surface area contributed by atoms with E-state index in [4.69, 9.17) is 9.47 Å². The Kier molecular flexibility index (Phi) is 5.95. The Hall–Kier alpha value is -2.75. The second-order valence-corrected chi connectivity index (χ2v) is 6.38. The van der Waals surface area contributed by atoms with Gasteiger partial charge in [-0.2, -0.15) is 0 Å². The average Bonchev–Trinajstić information content (AvgIpc) is 3.11. The first-order valence-corrected chi connectivity index (χ1v) is 9.13. The average molecular weight is 351 g/mol. The topological polar surface area (TPSA) is 40.5 Å². The van der Waals surface area contributed by atoms with Crippen molar-refractivity contribution in [3.8, 4) is 5.75 Å². The highest BCUT2D eigenvalue weighted by Gasteiger charge is 2.19. The smallest absolute Gasteiger partial charge is 0.328 e. The van der Waals surface area contributed by atoms with Crippen LogP contribution in [0.2, 0.25) is 0 Å². The van der Waals surface area contributed by atoms with Crippen LogP contribution in [0.25, 0.3) is 10.9 Å². The normalized spacial score (nSPS) is 12.1. The van der Waals surface area contributed by atoms with E-state index in [-0.39, 0.29) is 12.0 Å². The lowest BCUT2D eigenvalue weighted by Gasteiger charge is -2.15. The molecule has 0 aliphatic rings. The van der Waals surface area contributed by atoms with Crippen LogP contribution in [0.3, 0.4) is 0 Å². The fourth-order valence-electron chi connectivity index (χ4n) is 2.91. The number of ether oxygens (including phenoxy) is 2. The standard InChI is InChI=1S/C22H25NO3/c1-3-4-15-25-22(24)17(2)23-14-13-19-20(23)11-8-12-21(19)26-16-18-9-6-5-7-10-18/h5-14,17H,3-4,15-16H2,1-2H3. The third kappa shape index (κ3) is 4.07. The fourth-order valence-corrected chi connectivity index (χ4v) is 2.91. The number of hydrogen-bond acceptors (Lipinski definition) is 3. The van der Waals surface area contributed by atoms with Gasteiger partial charge in [0.05, 0.1) is 12.1 Å². The van der Waals surface area contributed by atoms with Crippen LogP contribution in [0.4, 0.5) is 0 Å². The van der Waals surface area contributed by atoms with Crippen LogP contribution >= 0.6 is 0 Å². The molecule has 0 spiro atoms. The van der Waals surface area contributed by atoms with E-state index in [1.54, 1.807) is 0 Å². The third-order valence-electron chi connectivity index (χ3n) is 4.46. The maximum Gasteiger partial charge on any atom is 0.328 e. The largest absolute Gasteiger partial charge is 0.488 e. The molecule has 0 saturated heterocycles. The number of benzene rings is 2. The number of nitrogens with zero attached hydrogens (tertiary/aromatic N) is 1. The molecule has 4 heteroatoms. The summed E-state index contributed by atoms with van der Waals surface area (Å²) in [6.07, 6.45) is 3.82. The van der Waals surface area contributed by atoms with Gasteiger partial charge in [-0.1, -0.05) is 49.7 Å². The van der Waals surface area contributed by atoms with Crippen LogP contribution in [0, 0.1) is 0 Å². The molecule has 0 aliphatic carbocycles. The number of unbranched alkanes of at least 4 members (excludes halogenated alkanes) is 1. The minimum absolute atomic E-state index is 0.202. The van der Waals surface area contributed by atoms with E-state index >= 15 is 0 Å². The predicted molar refractivity (Wildman–Crippen MR) is 103 cm³/mol. The summed E-state index contributed by atoms with van der Waals surface area (Å²) in [5.74, 6) is 0.614. The summed E-state index contributed by atoms with van der Waals surface area (Å²) in [5.41, 5.74) is 2.09. The highest BCUT2D eigenvalue weighted by Crippen LogP contribution is 2.29. The van der Waals surface area contributed by atoms with Crippen molar-refractivity contribution in [2.24, 2.45) is 0 Å². The molecule has 26 heavy (non-hydrogen) atoms. The van der Waals surface area contributed by atoms with Gasteiger partial charge in [0.15, 0.2) is 0 Å². The van der Waals surface area contributed by atoms with Crippen molar-refractivity contribution in [3.63, 3.8) is 0 Å². The van der Waals surface area contributed by atoms with Gasteiger partial charge in [-0.05, 0) is 37.1 Å². The quantitative estimate of drug-likeness (QED) is 0.417. The van der Waals surface area contributed by atoms with Crippen molar-refractivity contribution in [2.75, 3.05) is 6.61 Å². The highest BCUT2D eigenvalue weighted by molar-refractivity contribution is 5.88. The molecule has 3 aromatic rings. The molecule has 2 aromatic carbocycles. The molecule has 136 valence electrons. The molecule has 0 aliphatic heterocycles. The minimum Gasteiger partial charge on any atom is -0.488 e. The molecule has 0 radical (unpaired) electrons. The van der Waals surface area contributed by atoms with E-state index in [1.165, 1.54) is 0 Å². The Balaban J connectivity index is 1.76. The molecule has 0 fully saturated rings. The van der Waals surface area contributed by atoms with Gasteiger partial charge in [-0.25, -0.2) is 4.79 Å². The molecule has 0 amide bonds. The summed E-state index contributed by atoms with van der Waals surface area (Å²) >= 11 is 0. The monoisotopic (exact) mass is 351 g/mol. The lowest BCUT2D eigenvalue weighted by atomic mass is 10.2. The predicted octanol–water partition coefficient (Wildman–Crippen LogP) is 5.12. The second-order valence-electron chi connectivity index (χ2n) is 6.38. The van der Waals surface area contributed by atoms with Crippen molar-refractivity contribution in [2.45, 2.75) is 39.3 Å². The molecular weight excluding hydrogens is 326 g/mol. The minimum atomic E-state index is -0.367. The highest BCUT2D eigenvalue weighted by atomic mass is 16.5. The van der Waals surface area contributed by atoms with Gasteiger partial charge >= 0.3 is 5.97 Å². The molecule has 1 heterocycles. The Bertz CT molecular complexity index is 854. The number of fused-ring (bicyclic) bond motifs is 1. The second kappa shape index (κ2) is 8.56. The van der Waals surface area contributed by atoms with E-state index in [9.17, 15) is 4.79 Å². The molecular formula is C22H25NO3. The van der Waals surface area contributed by atoms with Crippen LogP contribution in [0.5, 0.6) is 5.75 Å². The van der Waals surface area contributed by atoms with Crippen LogP contribution in [0.15, 0.2) is 60.8 Å². The summed E-state index contributed by atoms with van der Waals surface area (Å²) in [4.78, 5) is 12.3. The van der Waals surface area contributed by atoms with Gasteiger partial charge in [0.2, 0.25) is 0 Å². The van der Waals surface area contributed by atoms with E-state index < -0.39 is 0 Å². The zero-order chi connectivity index (χ0) is 18.4. The molecule has 4 nitrogen and oxygen atoms in total. The van der Waals surface area contributed by atoms with Crippen molar-refractivity contribution in [1.82, 2.24) is 4.57 Å². The maximum atomic E-state index is 12.3. The van der Waals surface area contributed by atoms with Gasteiger partial charge in [-0.15, -0.1) is 0 Å². The first-order valence-electron chi connectivity index (χ1n) is 9.13. The zero-order valence-electron chi connectivity index (χ0n) is 15.4. The van der Waals surface area contributed by atoms with E-state index in [0.717, 1.165) is 35.1 Å². The number of aromatic nitrogens is 1. The van der Waals surface area contributed by atoms with Crippen LogP contribution in [0.1, 0.15) is 38.3 Å². The SMILES string of the molecule is CCCCOC(=O)C(C)n1ccc2c(OCc3ccccc3)cccc21. The van der Waals surface area contributed by atoms with Crippen LogP contribution in [-0.4, -0.2) is 17.1 Å². The Morgan fingerprint density at radius 3 is 2.65 bits per heavy atom. The number of carbonyl (C=O) groups excluding carboxylic acids is 1. The van der Waals surface area contributed by atoms with Crippen LogP contribution in [-0.2, 0) is 16.1 Å². The number of esters is 1. The van der Waals surface area contributed by atoms with Crippen molar-refractivity contribution < 1.29 is 14.3 Å². The Labute approximate surface area is 154 Å². The summed E-state index contributed by atoms with van der Waals surface area (Å²) in [7, 11) is 0. The van der Waals surface area contributed by atoms with Gasteiger partial charge in [0.25, 0.3) is 0 Å². The molecule has 1 aromatic heterocycles. The number of rotatable bonds is 8. The Morgan fingerprint density at radius 2 is 1.88 bits per heavy atom. The molecule has 3 rings (SSSR count). The molecule has 0 bridgehead atoms. The summed E-state index contributed by atoms with van der Waals surface area (Å²) in [6, 6.07) is 17.6. The van der Waals surface area contributed by atoms with Crippen LogP contribution < -0.4 is 4.74 Å². The summed E-state index contributed by atoms with van der Waals surface area (Å²) in [6.45, 7) is 4.93. The lowest BCUT2D eigenvalue weighted by Crippen LogP contribution is -2.19. The maximum absolute atomic E-state index is 12.3. The molecule has 1 unspecified atom stereocenters. The molecule has 0 N–H and O–H groups in total. The van der Waals surface area contributed by atoms with Gasteiger partial charge in [0, 0.05) is 11.6 Å². The Morgan fingerprint density at radius 1 is 1.08 bits per heavy atom. The van der Waals surface area contributed by atoms with Gasteiger partial charge < -0.3 is 14.0 Å². The van der Waals surface area contributed by atoms with Gasteiger partial charge in [0.1, 0.15) is 18.4 Å². The van der Waals surface area contributed by atoms with E-state index in [0.29, 0.717) is 13.2 Å². The van der Waals surface area contributed by atoms with Crippen molar-refractivity contribution in [3.05, 3.63) is 66.4 Å². The first kappa shape index (κ1) is 18.1. The zero-order valence-corrected chi connectivity index (χ0v) is 15.4. The van der Waals surface area contributed by atoms with E-state index in [1.807, 2.05) is 72.3 Å². The fraction of sp³-hybridized carbons (Fsp3) is 0.318. The molecule has 0 saturated carbocycles. The first-order chi connectivity index (χ1) is 12.7. The van der Waals surface area contributed by atoms with Crippen molar-refractivity contribution >= 4 is 16.9 Å². The third-order valence-corrected chi connectivity index (χ3v) is 4.46. The summed E-state index contributed by atoms with van der Waals surface area (Å²) in [5, 5.41) is 0.997. The molecule has 1 atom stereocenters.